The van der Waals surface area contributed by atoms with Gasteiger partial charge in [0.25, 0.3) is 0 Å². The lowest BCUT2D eigenvalue weighted by molar-refractivity contribution is -0.167. The van der Waals surface area contributed by atoms with Gasteiger partial charge in [0.1, 0.15) is 13.2 Å². The van der Waals surface area contributed by atoms with Gasteiger partial charge in [-0.2, -0.15) is 0 Å². The van der Waals surface area contributed by atoms with Crippen molar-refractivity contribution in [3.8, 4) is 0 Å². The van der Waals surface area contributed by atoms with Crippen LogP contribution >= 0.6 is 0 Å². The standard InChI is InChI=1S/C57H98O6/c1-4-7-10-13-16-19-22-24-26-27-28-29-31-32-35-38-41-44-47-50-56(59)62-53-54(52-61-55(58)49-46-43-40-37-34-21-18-15-12-9-6-3)63-57(60)51-48-45-42-39-36-33-30-25-23-20-17-14-11-8-5-2/h8,11,15-20,24-26,30,54H,4-7,9-10,12-14,21-23,27-29,31-53H2,1-3H3/b11-8-,18-15-,19-16-,20-17-,26-24-,30-25-. The third-order valence-electron chi connectivity index (χ3n) is 11.2. The molecule has 0 aromatic rings. The van der Waals surface area contributed by atoms with E-state index >= 15 is 0 Å². The molecule has 0 aromatic heterocycles. The Labute approximate surface area is 389 Å². The van der Waals surface area contributed by atoms with Gasteiger partial charge in [-0.1, -0.05) is 203 Å². The molecule has 0 radical (unpaired) electrons. The Hall–Kier alpha value is -3.15. The highest BCUT2D eigenvalue weighted by Crippen LogP contribution is 2.14. The van der Waals surface area contributed by atoms with Gasteiger partial charge in [-0.3, -0.25) is 14.4 Å². The van der Waals surface area contributed by atoms with E-state index in [0.29, 0.717) is 19.3 Å². The first-order valence-electron chi connectivity index (χ1n) is 26.4. The van der Waals surface area contributed by atoms with Gasteiger partial charge < -0.3 is 14.2 Å². The second-order valence-corrected chi connectivity index (χ2v) is 17.4. The van der Waals surface area contributed by atoms with Crippen LogP contribution in [0.2, 0.25) is 0 Å². The summed E-state index contributed by atoms with van der Waals surface area (Å²) in [5, 5.41) is 0. The number of carbonyl (C=O) groups is 3. The zero-order valence-corrected chi connectivity index (χ0v) is 41.3. The molecule has 0 heterocycles. The Bertz CT molecular complexity index is 1190. The molecule has 1 atom stereocenters. The molecular formula is C57H98O6. The Morgan fingerprint density at radius 2 is 0.635 bits per heavy atom. The Morgan fingerprint density at radius 1 is 0.333 bits per heavy atom. The van der Waals surface area contributed by atoms with E-state index in [1.807, 2.05) is 0 Å². The maximum absolute atomic E-state index is 12.8. The number of ether oxygens (including phenoxy) is 3. The van der Waals surface area contributed by atoms with Crippen molar-refractivity contribution in [2.45, 2.75) is 258 Å². The fourth-order valence-corrected chi connectivity index (χ4v) is 7.17. The van der Waals surface area contributed by atoms with Crippen molar-refractivity contribution in [2.24, 2.45) is 0 Å². The van der Waals surface area contributed by atoms with Crippen LogP contribution in [-0.4, -0.2) is 37.2 Å². The molecule has 6 nitrogen and oxygen atoms in total. The van der Waals surface area contributed by atoms with E-state index in [0.717, 1.165) is 109 Å². The van der Waals surface area contributed by atoms with E-state index in [4.69, 9.17) is 14.2 Å². The van der Waals surface area contributed by atoms with Gasteiger partial charge >= 0.3 is 17.9 Å². The predicted molar refractivity (Wildman–Crippen MR) is 270 cm³/mol. The third kappa shape index (κ3) is 49.7. The van der Waals surface area contributed by atoms with Crippen LogP contribution in [0.15, 0.2) is 72.9 Å². The fraction of sp³-hybridized carbons (Fsp3) is 0.737. The topological polar surface area (TPSA) is 78.9 Å². The molecule has 0 N–H and O–H groups in total. The number of hydrogen-bond donors (Lipinski definition) is 0. The molecule has 6 heteroatoms. The van der Waals surface area contributed by atoms with Gasteiger partial charge in [-0.05, 0) is 103 Å². The SMILES string of the molecule is CC/C=C\C/C=C\C/C=C\CCCCCCCC(=O)OC(COC(=O)CCCCCCC/C=C\CCCC)COC(=O)CCCCCCCCCCC/C=C\C/C=C\CCCCC. The number of hydrogen-bond acceptors (Lipinski definition) is 6. The summed E-state index contributed by atoms with van der Waals surface area (Å²) in [4.78, 5) is 38.0. The highest BCUT2D eigenvalue weighted by atomic mass is 16.6. The summed E-state index contributed by atoms with van der Waals surface area (Å²) in [6.45, 7) is 6.44. The fourth-order valence-electron chi connectivity index (χ4n) is 7.17. The smallest absolute Gasteiger partial charge is 0.306 e. The largest absolute Gasteiger partial charge is 0.462 e. The van der Waals surface area contributed by atoms with Crippen molar-refractivity contribution in [3.05, 3.63) is 72.9 Å². The van der Waals surface area contributed by atoms with Gasteiger partial charge in [0, 0.05) is 19.3 Å². The lowest BCUT2D eigenvalue weighted by atomic mass is 10.1. The minimum absolute atomic E-state index is 0.0874. The third-order valence-corrected chi connectivity index (χ3v) is 11.2. The molecule has 0 spiro atoms. The Kier molecular flexibility index (Phi) is 48.9. The molecule has 63 heavy (non-hydrogen) atoms. The van der Waals surface area contributed by atoms with E-state index in [1.165, 1.54) is 103 Å². The molecule has 1 unspecified atom stereocenters. The molecule has 0 amide bonds. The number of esters is 3. The Morgan fingerprint density at radius 3 is 1.03 bits per heavy atom. The summed E-state index contributed by atoms with van der Waals surface area (Å²) in [6.07, 6.45) is 64.6. The number of unbranched alkanes of at least 4 members (excludes halogenated alkanes) is 24. The summed E-state index contributed by atoms with van der Waals surface area (Å²) in [7, 11) is 0. The monoisotopic (exact) mass is 879 g/mol. The van der Waals surface area contributed by atoms with E-state index in [1.54, 1.807) is 0 Å². The van der Waals surface area contributed by atoms with Gasteiger partial charge in [0.05, 0.1) is 0 Å². The quantitative estimate of drug-likeness (QED) is 0.0262. The Balaban J connectivity index is 4.37. The van der Waals surface area contributed by atoms with Crippen LogP contribution in [0.4, 0.5) is 0 Å². The van der Waals surface area contributed by atoms with E-state index in [-0.39, 0.29) is 31.1 Å². The van der Waals surface area contributed by atoms with Crippen molar-refractivity contribution in [1.29, 1.82) is 0 Å². The predicted octanol–water partition coefficient (Wildman–Crippen LogP) is 17.4. The molecule has 0 aliphatic rings. The number of carbonyl (C=O) groups excluding carboxylic acids is 3. The van der Waals surface area contributed by atoms with E-state index in [2.05, 4.69) is 93.7 Å². The first-order valence-corrected chi connectivity index (χ1v) is 26.4. The molecule has 0 rings (SSSR count). The van der Waals surface area contributed by atoms with E-state index < -0.39 is 6.10 Å². The van der Waals surface area contributed by atoms with Gasteiger partial charge in [-0.15, -0.1) is 0 Å². The zero-order chi connectivity index (χ0) is 45.8. The summed E-state index contributed by atoms with van der Waals surface area (Å²) >= 11 is 0. The highest BCUT2D eigenvalue weighted by Gasteiger charge is 2.19. The molecule has 0 saturated carbocycles. The van der Waals surface area contributed by atoms with Crippen LogP contribution in [0.3, 0.4) is 0 Å². The average molecular weight is 879 g/mol. The van der Waals surface area contributed by atoms with Crippen molar-refractivity contribution in [3.63, 3.8) is 0 Å². The normalized spacial score (nSPS) is 12.6. The number of allylic oxidation sites excluding steroid dienone is 12. The van der Waals surface area contributed by atoms with Gasteiger partial charge in [0.2, 0.25) is 0 Å². The first kappa shape index (κ1) is 59.9. The van der Waals surface area contributed by atoms with Gasteiger partial charge in [-0.25, -0.2) is 0 Å². The summed E-state index contributed by atoms with van der Waals surface area (Å²) < 4.78 is 16.8. The molecule has 0 bridgehead atoms. The lowest BCUT2D eigenvalue weighted by Gasteiger charge is -2.18. The first-order chi connectivity index (χ1) is 31.0. The van der Waals surface area contributed by atoms with Crippen LogP contribution < -0.4 is 0 Å². The second-order valence-electron chi connectivity index (χ2n) is 17.4. The van der Waals surface area contributed by atoms with E-state index in [9.17, 15) is 14.4 Å². The van der Waals surface area contributed by atoms with Crippen molar-refractivity contribution in [2.75, 3.05) is 13.2 Å². The maximum atomic E-state index is 12.8. The molecule has 362 valence electrons. The van der Waals surface area contributed by atoms with Crippen LogP contribution in [0, 0.1) is 0 Å². The molecule has 0 aliphatic carbocycles. The summed E-state index contributed by atoms with van der Waals surface area (Å²) in [5.41, 5.74) is 0. The summed E-state index contributed by atoms with van der Waals surface area (Å²) in [6, 6.07) is 0. The van der Waals surface area contributed by atoms with Crippen LogP contribution in [0.5, 0.6) is 0 Å². The lowest BCUT2D eigenvalue weighted by Crippen LogP contribution is -2.30. The summed E-state index contributed by atoms with van der Waals surface area (Å²) in [5.74, 6) is -0.916. The van der Waals surface area contributed by atoms with Crippen molar-refractivity contribution >= 4 is 17.9 Å². The van der Waals surface area contributed by atoms with Crippen molar-refractivity contribution in [1.82, 2.24) is 0 Å². The minimum atomic E-state index is -0.788. The maximum Gasteiger partial charge on any atom is 0.306 e. The molecule has 0 aliphatic heterocycles. The molecule has 0 aromatic carbocycles. The average Bonchev–Trinajstić information content (AvgIpc) is 3.28. The van der Waals surface area contributed by atoms with Crippen LogP contribution in [0.1, 0.15) is 252 Å². The zero-order valence-electron chi connectivity index (χ0n) is 41.3. The second kappa shape index (κ2) is 51.5. The van der Waals surface area contributed by atoms with Crippen LogP contribution in [0.25, 0.3) is 0 Å². The molecule has 0 fully saturated rings. The van der Waals surface area contributed by atoms with Gasteiger partial charge in [0.15, 0.2) is 6.10 Å². The minimum Gasteiger partial charge on any atom is -0.462 e. The number of rotatable bonds is 47. The van der Waals surface area contributed by atoms with Crippen LogP contribution in [-0.2, 0) is 28.6 Å². The van der Waals surface area contributed by atoms with Crippen molar-refractivity contribution < 1.29 is 28.6 Å². The molecule has 0 saturated heterocycles. The highest BCUT2D eigenvalue weighted by molar-refractivity contribution is 5.71. The molecular weight excluding hydrogens is 781 g/mol.